The van der Waals surface area contributed by atoms with Gasteiger partial charge in [0.15, 0.2) is 0 Å². The first kappa shape index (κ1) is 14.8. The maximum absolute atomic E-state index is 13.1. The summed E-state index contributed by atoms with van der Waals surface area (Å²) in [6.45, 7) is 9.08. The fourth-order valence-corrected chi connectivity index (χ4v) is 2.88. The van der Waals surface area contributed by atoms with Gasteiger partial charge >= 0.3 is 0 Å². The van der Waals surface area contributed by atoms with Crippen molar-refractivity contribution in [1.29, 1.82) is 0 Å². The third-order valence-electron chi connectivity index (χ3n) is 4.14. The van der Waals surface area contributed by atoms with E-state index >= 15 is 0 Å². The maximum Gasteiger partial charge on any atom is 0.233 e. The summed E-state index contributed by atoms with van der Waals surface area (Å²) in [4.78, 5) is 14.7. The number of carbonyl (C=O) groups is 1. The Morgan fingerprint density at radius 1 is 1.35 bits per heavy atom. The van der Waals surface area contributed by atoms with Gasteiger partial charge in [-0.05, 0) is 44.4 Å². The normalized spacial score (nSPS) is 16.4. The van der Waals surface area contributed by atoms with E-state index in [-0.39, 0.29) is 11.7 Å². The molecular formula is C17H22FNO. The van der Waals surface area contributed by atoms with Crippen LogP contribution >= 0.6 is 0 Å². The smallest absolute Gasteiger partial charge is 0.233 e. The van der Waals surface area contributed by atoms with Crippen molar-refractivity contribution in [2.45, 2.75) is 38.5 Å². The van der Waals surface area contributed by atoms with Gasteiger partial charge in [0.25, 0.3) is 0 Å². The molecule has 1 fully saturated rings. The van der Waals surface area contributed by atoms with E-state index < -0.39 is 5.41 Å². The number of likely N-dealkylation sites (N-methyl/N-ethyl adjacent to an activating group) is 1. The van der Waals surface area contributed by atoms with E-state index in [1.807, 2.05) is 18.7 Å². The molecule has 1 aliphatic rings. The van der Waals surface area contributed by atoms with E-state index in [9.17, 15) is 9.18 Å². The Hall–Kier alpha value is -1.64. The zero-order chi connectivity index (χ0) is 14.8. The van der Waals surface area contributed by atoms with Gasteiger partial charge in [-0.2, -0.15) is 0 Å². The number of halogens is 1. The molecule has 20 heavy (non-hydrogen) atoms. The number of amides is 1. The molecule has 0 aliphatic heterocycles. The Labute approximate surface area is 120 Å². The van der Waals surface area contributed by atoms with Crippen LogP contribution in [0.3, 0.4) is 0 Å². The molecule has 1 aromatic rings. The van der Waals surface area contributed by atoms with Gasteiger partial charge in [-0.3, -0.25) is 4.79 Å². The molecule has 0 atom stereocenters. The molecule has 0 radical (unpaired) electrons. The van der Waals surface area contributed by atoms with E-state index in [4.69, 9.17) is 0 Å². The number of benzene rings is 1. The van der Waals surface area contributed by atoms with Gasteiger partial charge in [0, 0.05) is 13.1 Å². The Bertz CT molecular complexity index is 502. The van der Waals surface area contributed by atoms with Crippen molar-refractivity contribution in [3.05, 3.63) is 47.8 Å². The first-order valence-electron chi connectivity index (χ1n) is 7.19. The zero-order valence-corrected chi connectivity index (χ0v) is 12.3. The topological polar surface area (TPSA) is 20.3 Å². The number of carbonyl (C=O) groups excluding carboxylic acids is 1. The van der Waals surface area contributed by atoms with Gasteiger partial charge in [-0.25, -0.2) is 4.39 Å². The summed E-state index contributed by atoms with van der Waals surface area (Å²) in [5, 5.41) is 0. The van der Waals surface area contributed by atoms with Crippen molar-refractivity contribution in [3.8, 4) is 0 Å². The SMILES string of the molecule is C=C(C)CN(CC)C(=O)C1(c2ccc(F)cc2)CCC1. The molecule has 1 saturated carbocycles. The fourth-order valence-electron chi connectivity index (χ4n) is 2.88. The van der Waals surface area contributed by atoms with Crippen LogP contribution in [0.1, 0.15) is 38.7 Å². The van der Waals surface area contributed by atoms with Crippen LogP contribution in [0.15, 0.2) is 36.4 Å². The molecule has 0 heterocycles. The third-order valence-corrected chi connectivity index (χ3v) is 4.14. The van der Waals surface area contributed by atoms with Crippen molar-refractivity contribution >= 4 is 5.91 Å². The summed E-state index contributed by atoms with van der Waals surface area (Å²) in [7, 11) is 0. The molecule has 1 aliphatic carbocycles. The minimum absolute atomic E-state index is 0.154. The highest BCUT2D eigenvalue weighted by Gasteiger charge is 2.47. The number of rotatable bonds is 5. The summed E-state index contributed by atoms with van der Waals surface area (Å²) in [5.74, 6) is -0.106. The molecule has 1 aromatic carbocycles. The Morgan fingerprint density at radius 3 is 2.35 bits per heavy atom. The summed E-state index contributed by atoms with van der Waals surface area (Å²) < 4.78 is 13.1. The fraction of sp³-hybridized carbons (Fsp3) is 0.471. The summed E-state index contributed by atoms with van der Waals surface area (Å²) in [5.41, 5.74) is 1.48. The highest BCUT2D eigenvalue weighted by molar-refractivity contribution is 5.89. The Balaban J connectivity index is 2.28. The molecule has 2 rings (SSSR count). The van der Waals surface area contributed by atoms with Crippen LogP contribution in [0, 0.1) is 5.82 Å². The molecule has 0 aromatic heterocycles. The average Bonchev–Trinajstić information content (AvgIpc) is 2.36. The van der Waals surface area contributed by atoms with Crippen molar-refractivity contribution in [2.24, 2.45) is 0 Å². The second-order valence-corrected chi connectivity index (χ2v) is 5.72. The van der Waals surface area contributed by atoms with Crippen LogP contribution < -0.4 is 0 Å². The minimum Gasteiger partial charge on any atom is -0.338 e. The lowest BCUT2D eigenvalue weighted by atomic mass is 9.63. The molecule has 0 spiro atoms. The Kier molecular flexibility index (Phi) is 4.26. The van der Waals surface area contributed by atoms with Crippen LogP contribution in [0.5, 0.6) is 0 Å². The van der Waals surface area contributed by atoms with Crippen LogP contribution in [0.4, 0.5) is 4.39 Å². The van der Waals surface area contributed by atoms with Crippen LogP contribution in [-0.4, -0.2) is 23.9 Å². The molecule has 108 valence electrons. The second-order valence-electron chi connectivity index (χ2n) is 5.72. The first-order valence-corrected chi connectivity index (χ1v) is 7.19. The predicted molar refractivity (Wildman–Crippen MR) is 79.0 cm³/mol. The zero-order valence-electron chi connectivity index (χ0n) is 12.3. The van der Waals surface area contributed by atoms with E-state index in [0.29, 0.717) is 13.1 Å². The standard InChI is InChI=1S/C17H22FNO/c1-4-19(12-13(2)3)16(20)17(10-5-11-17)14-6-8-15(18)9-7-14/h6-9H,2,4-5,10-12H2,1,3H3. The molecule has 2 nitrogen and oxygen atoms in total. The van der Waals surface area contributed by atoms with Gasteiger partial charge in [-0.1, -0.05) is 30.7 Å². The lowest BCUT2D eigenvalue weighted by Crippen LogP contribution is -2.51. The quantitative estimate of drug-likeness (QED) is 0.751. The highest BCUT2D eigenvalue weighted by Crippen LogP contribution is 2.45. The van der Waals surface area contributed by atoms with Gasteiger partial charge in [-0.15, -0.1) is 0 Å². The summed E-state index contributed by atoms with van der Waals surface area (Å²) in [6.07, 6.45) is 2.75. The van der Waals surface area contributed by atoms with Crippen molar-refractivity contribution < 1.29 is 9.18 Å². The van der Waals surface area contributed by atoms with Gasteiger partial charge < -0.3 is 4.90 Å². The maximum atomic E-state index is 13.1. The summed E-state index contributed by atoms with van der Waals surface area (Å²) in [6, 6.07) is 6.39. The van der Waals surface area contributed by atoms with E-state index in [1.54, 1.807) is 12.1 Å². The molecule has 0 bridgehead atoms. The van der Waals surface area contributed by atoms with Gasteiger partial charge in [0.1, 0.15) is 5.82 Å². The lowest BCUT2D eigenvalue weighted by Gasteiger charge is -2.44. The molecule has 3 heteroatoms. The number of hydrogen-bond donors (Lipinski definition) is 0. The van der Waals surface area contributed by atoms with Gasteiger partial charge in [0.2, 0.25) is 5.91 Å². The van der Waals surface area contributed by atoms with Gasteiger partial charge in [0.05, 0.1) is 5.41 Å². The average molecular weight is 275 g/mol. The van der Waals surface area contributed by atoms with Crippen molar-refractivity contribution in [2.75, 3.05) is 13.1 Å². The third kappa shape index (κ3) is 2.62. The van der Waals surface area contributed by atoms with Crippen LogP contribution in [0.2, 0.25) is 0 Å². The molecule has 0 unspecified atom stereocenters. The van der Waals surface area contributed by atoms with E-state index in [2.05, 4.69) is 6.58 Å². The Morgan fingerprint density at radius 2 is 1.95 bits per heavy atom. The van der Waals surface area contributed by atoms with E-state index in [0.717, 1.165) is 30.4 Å². The number of hydrogen-bond acceptors (Lipinski definition) is 1. The van der Waals surface area contributed by atoms with E-state index in [1.165, 1.54) is 12.1 Å². The highest BCUT2D eigenvalue weighted by atomic mass is 19.1. The lowest BCUT2D eigenvalue weighted by molar-refractivity contribution is -0.140. The molecule has 0 N–H and O–H groups in total. The largest absolute Gasteiger partial charge is 0.338 e. The predicted octanol–water partition coefficient (Wildman–Crippen LogP) is 3.67. The molecule has 0 saturated heterocycles. The van der Waals surface area contributed by atoms with Crippen molar-refractivity contribution in [3.63, 3.8) is 0 Å². The van der Waals surface area contributed by atoms with Crippen molar-refractivity contribution in [1.82, 2.24) is 4.90 Å². The molecular weight excluding hydrogens is 253 g/mol. The monoisotopic (exact) mass is 275 g/mol. The van der Waals surface area contributed by atoms with Crippen LogP contribution in [-0.2, 0) is 10.2 Å². The number of nitrogens with zero attached hydrogens (tertiary/aromatic N) is 1. The van der Waals surface area contributed by atoms with Crippen LogP contribution in [0.25, 0.3) is 0 Å². The minimum atomic E-state index is -0.445. The second kappa shape index (κ2) is 5.78. The first-order chi connectivity index (χ1) is 9.49. The molecule has 1 amide bonds. The summed E-state index contributed by atoms with van der Waals surface area (Å²) >= 11 is 0.